The molecule has 14 heavy (non-hydrogen) atoms. The maximum Gasteiger partial charge on any atom is 0.125 e. The maximum absolute atomic E-state index is 9.64. The van der Waals surface area contributed by atoms with Crippen LogP contribution in [-0.2, 0) is 5.54 Å². The second kappa shape index (κ2) is 3.50. The highest BCUT2D eigenvalue weighted by Gasteiger charge is 2.17. The lowest BCUT2D eigenvalue weighted by molar-refractivity contribution is 0.399. The van der Waals surface area contributed by atoms with Crippen molar-refractivity contribution >= 4 is 0 Å². The van der Waals surface area contributed by atoms with Crippen molar-refractivity contribution in [1.82, 2.24) is 0 Å². The number of nitrogens with two attached hydrogens (primary N) is 1. The molecule has 0 saturated carbocycles. The van der Waals surface area contributed by atoms with Crippen LogP contribution in [0.2, 0.25) is 0 Å². The molecule has 0 aliphatic carbocycles. The monoisotopic (exact) mass is 195 g/mol. The van der Waals surface area contributed by atoms with Gasteiger partial charge >= 0.3 is 0 Å². The minimum atomic E-state index is -0.474. The molecule has 0 aromatic heterocycles. The molecule has 1 aromatic carbocycles. The van der Waals surface area contributed by atoms with Crippen LogP contribution in [0, 0.1) is 6.92 Å². The van der Waals surface area contributed by atoms with E-state index in [-0.39, 0.29) is 5.75 Å². The zero-order valence-electron chi connectivity index (χ0n) is 9.09. The predicted octanol–water partition coefficient (Wildman–Crippen LogP) is 1.90. The minimum Gasteiger partial charge on any atom is -0.508 e. The molecule has 0 amide bonds. The molecule has 0 saturated heterocycles. The van der Waals surface area contributed by atoms with Crippen LogP contribution < -0.4 is 10.5 Å². The highest BCUT2D eigenvalue weighted by atomic mass is 16.5. The summed E-state index contributed by atoms with van der Waals surface area (Å²) in [6.07, 6.45) is 0. The maximum atomic E-state index is 9.64. The molecule has 0 atom stereocenters. The quantitative estimate of drug-likeness (QED) is 0.757. The Hall–Kier alpha value is -1.22. The van der Waals surface area contributed by atoms with E-state index in [0.717, 1.165) is 11.1 Å². The highest BCUT2D eigenvalue weighted by molar-refractivity contribution is 5.47. The van der Waals surface area contributed by atoms with Crippen LogP contribution in [0.1, 0.15) is 25.0 Å². The molecule has 3 heteroatoms. The van der Waals surface area contributed by atoms with Gasteiger partial charge in [-0.25, -0.2) is 0 Å². The summed E-state index contributed by atoms with van der Waals surface area (Å²) in [5, 5.41) is 9.64. The summed E-state index contributed by atoms with van der Waals surface area (Å²) in [7, 11) is 1.58. The van der Waals surface area contributed by atoms with Crippen molar-refractivity contribution in [2.75, 3.05) is 7.11 Å². The Morgan fingerprint density at radius 2 is 1.93 bits per heavy atom. The van der Waals surface area contributed by atoms with E-state index in [1.807, 2.05) is 26.8 Å². The number of aromatic hydroxyl groups is 1. The Balaban J connectivity index is 3.30. The van der Waals surface area contributed by atoms with Gasteiger partial charge < -0.3 is 15.6 Å². The first-order valence-corrected chi connectivity index (χ1v) is 4.53. The molecular formula is C11H17NO2. The Kier molecular flexibility index (Phi) is 2.71. The fraction of sp³-hybridized carbons (Fsp3) is 0.455. The summed E-state index contributed by atoms with van der Waals surface area (Å²) < 4.78 is 5.15. The van der Waals surface area contributed by atoms with Crippen molar-refractivity contribution in [3.8, 4) is 11.5 Å². The number of hydrogen-bond donors (Lipinski definition) is 2. The summed E-state index contributed by atoms with van der Waals surface area (Å²) >= 11 is 0. The lowest BCUT2D eigenvalue weighted by atomic mass is 9.94. The fourth-order valence-electron chi connectivity index (χ4n) is 1.26. The molecule has 0 bridgehead atoms. The zero-order valence-corrected chi connectivity index (χ0v) is 9.09. The molecule has 1 rings (SSSR count). The van der Waals surface area contributed by atoms with Crippen LogP contribution in [0.25, 0.3) is 0 Å². The number of benzene rings is 1. The summed E-state index contributed by atoms with van der Waals surface area (Å²) in [5.74, 6) is 0.886. The van der Waals surface area contributed by atoms with E-state index in [9.17, 15) is 5.11 Å². The Bertz CT molecular complexity index is 340. The fourth-order valence-corrected chi connectivity index (χ4v) is 1.26. The standard InChI is InChI=1S/C11H17NO2/c1-7-9(13)5-8(11(2,3)12)6-10(7)14-4/h5-6,13H,12H2,1-4H3. The molecule has 0 fully saturated rings. The van der Waals surface area contributed by atoms with Gasteiger partial charge in [0.2, 0.25) is 0 Å². The first-order valence-electron chi connectivity index (χ1n) is 4.53. The number of phenols is 1. The number of hydrogen-bond acceptors (Lipinski definition) is 3. The third-order valence-corrected chi connectivity index (χ3v) is 2.30. The van der Waals surface area contributed by atoms with Crippen molar-refractivity contribution in [1.29, 1.82) is 0 Å². The van der Waals surface area contributed by atoms with Crippen molar-refractivity contribution in [2.45, 2.75) is 26.3 Å². The largest absolute Gasteiger partial charge is 0.508 e. The number of phenolic OH excluding ortho intramolecular Hbond substituents is 1. The molecule has 0 aliphatic heterocycles. The molecule has 0 aliphatic rings. The van der Waals surface area contributed by atoms with Gasteiger partial charge in [-0.15, -0.1) is 0 Å². The van der Waals surface area contributed by atoms with E-state index < -0.39 is 5.54 Å². The average molecular weight is 195 g/mol. The lowest BCUT2D eigenvalue weighted by Gasteiger charge is -2.21. The van der Waals surface area contributed by atoms with Gasteiger partial charge in [0.1, 0.15) is 11.5 Å². The van der Waals surface area contributed by atoms with Crippen LogP contribution in [0.15, 0.2) is 12.1 Å². The van der Waals surface area contributed by atoms with Crippen LogP contribution in [0.5, 0.6) is 11.5 Å². The molecule has 0 heterocycles. The van der Waals surface area contributed by atoms with Gasteiger partial charge in [0.25, 0.3) is 0 Å². The zero-order chi connectivity index (χ0) is 10.9. The average Bonchev–Trinajstić information content (AvgIpc) is 2.07. The van der Waals surface area contributed by atoms with Gasteiger partial charge in [0.15, 0.2) is 0 Å². The van der Waals surface area contributed by atoms with Gasteiger partial charge in [0, 0.05) is 11.1 Å². The number of ether oxygens (including phenoxy) is 1. The lowest BCUT2D eigenvalue weighted by Crippen LogP contribution is -2.28. The summed E-state index contributed by atoms with van der Waals surface area (Å²) in [6, 6.07) is 3.53. The molecule has 3 N–H and O–H groups in total. The SMILES string of the molecule is COc1cc(C(C)(C)N)cc(O)c1C. The van der Waals surface area contributed by atoms with Crippen LogP contribution in [0.4, 0.5) is 0 Å². The molecule has 78 valence electrons. The minimum absolute atomic E-state index is 0.220. The van der Waals surface area contributed by atoms with E-state index in [1.165, 1.54) is 0 Å². The van der Waals surface area contributed by atoms with E-state index in [2.05, 4.69) is 0 Å². The van der Waals surface area contributed by atoms with Gasteiger partial charge in [-0.05, 0) is 38.5 Å². The summed E-state index contributed by atoms with van der Waals surface area (Å²) in [6.45, 7) is 5.58. The molecule has 0 spiro atoms. The third-order valence-electron chi connectivity index (χ3n) is 2.30. The van der Waals surface area contributed by atoms with Crippen molar-refractivity contribution in [3.63, 3.8) is 0 Å². The van der Waals surface area contributed by atoms with E-state index in [4.69, 9.17) is 10.5 Å². The summed E-state index contributed by atoms with van der Waals surface area (Å²) in [4.78, 5) is 0. The van der Waals surface area contributed by atoms with Crippen molar-refractivity contribution < 1.29 is 9.84 Å². The molecular weight excluding hydrogens is 178 g/mol. The second-order valence-corrected chi connectivity index (χ2v) is 4.04. The smallest absolute Gasteiger partial charge is 0.125 e. The highest BCUT2D eigenvalue weighted by Crippen LogP contribution is 2.32. The van der Waals surface area contributed by atoms with Gasteiger partial charge in [-0.1, -0.05) is 0 Å². The van der Waals surface area contributed by atoms with Crippen LogP contribution in [-0.4, -0.2) is 12.2 Å². The molecule has 3 nitrogen and oxygen atoms in total. The van der Waals surface area contributed by atoms with Crippen LogP contribution >= 0.6 is 0 Å². The first kappa shape index (κ1) is 10.9. The number of methoxy groups -OCH3 is 1. The second-order valence-electron chi connectivity index (χ2n) is 4.04. The van der Waals surface area contributed by atoms with Crippen molar-refractivity contribution in [3.05, 3.63) is 23.3 Å². The van der Waals surface area contributed by atoms with Crippen molar-refractivity contribution in [2.24, 2.45) is 5.73 Å². The predicted molar refractivity (Wildman–Crippen MR) is 56.6 cm³/mol. The Morgan fingerprint density at radius 1 is 1.36 bits per heavy atom. The molecule has 0 radical (unpaired) electrons. The van der Waals surface area contributed by atoms with Gasteiger partial charge in [-0.2, -0.15) is 0 Å². The molecule has 1 aromatic rings. The Labute approximate surface area is 84.5 Å². The van der Waals surface area contributed by atoms with Gasteiger partial charge in [0.05, 0.1) is 7.11 Å². The van der Waals surface area contributed by atoms with E-state index in [0.29, 0.717) is 5.75 Å². The Morgan fingerprint density at radius 3 is 2.36 bits per heavy atom. The van der Waals surface area contributed by atoms with Gasteiger partial charge in [-0.3, -0.25) is 0 Å². The summed E-state index contributed by atoms with van der Waals surface area (Å²) in [5.41, 5.74) is 7.05. The van der Waals surface area contributed by atoms with E-state index in [1.54, 1.807) is 13.2 Å². The number of rotatable bonds is 2. The van der Waals surface area contributed by atoms with Crippen LogP contribution in [0.3, 0.4) is 0 Å². The topological polar surface area (TPSA) is 55.5 Å². The molecule has 0 unspecified atom stereocenters. The first-order chi connectivity index (χ1) is 6.36. The normalized spacial score (nSPS) is 11.5. The van der Waals surface area contributed by atoms with E-state index >= 15 is 0 Å². The third kappa shape index (κ3) is 1.99.